The molecule has 2 atom stereocenters. The molecule has 0 radical (unpaired) electrons. The molecular formula is C38H62N6O6. The van der Waals surface area contributed by atoms with E-state index in [4.69, 9.17) is 15.2 Å². The molecule has 4 rings (SSSR count). The number of carbonyl (C=O) groups is 2. The summed E-state index contributed by atoms with van der Waals surface area (Å²) in [4.78, 5) is 34.2. The summed E-state index contributed by atoms with van der Waals surface area (Å²) in [6.45, 7) is 20.3. The Labute approximate surface area is 299 Å². The van der Waals surface area contributed by atoms with Crippen LogP contribution in [0.3, 0.4) is 0 Å². The van der Waals surface area contributed by atoms with Crippen LogP contribution in [0.1, 0.15) is 52.7 Å². The Bertz CT molecular complexity index is 1210. The number of aliphatic hydroxyl groups is 2. The van der Waals surface area contributed by atoms with E-state index in [1.165, 1.54) is 11.1 Å². The van der Waals surface area contributed by atoms with Crippen molar-refractivity contribution in [2.24, 2.45) is 5.73 Å². The fourth-order valence-corrected chi connectivity index (χ4v) is 5.77. The van der Waals surface area contributed by atoms with Crippen molar-refractivity contribution in [2.75, 3.05) is 78.5 Å². The molecule has 2 heterocycles. The lowest BCUT2D eigenvalue weighted by atomic mass is 10.1. The highest BCUT2D eigenvalue weighted by atomic mass is 16.6. The van der Waals surface area contributed by atoms with Gasteiger partial charge >= 0.3 is 12.2 Å². The van der Waals surface area contributed by atoms with Crippen LogP contribution in [-0.2, 0) is 22.6 Å². The van der Waals surface area contributed by atoms with Crippen LogP contribution < -0.4 is 5.73 Å². The van der Waals surface area contributed by atoms with Crippen LogP contribution in [0.4, 0.5) is 9.59 Å². The van der Waals surface area contributed by atoms with Crippen LogP contribution in [0, 0.1) is 0 Å². The standard InChI is InChI=1S/C26H37N3O3.C12H25N3O3/c1-26(2,3)32-25(31)29-16-14-27(15-17-29)20-24(30)21-28(18-22-10-6-4-7-11-22)19-23-12-8-5-9-13-23;1-12(2,3)18-11(17)15-6-4-14(5-7-15)9-10(16)8-13/h4-13,24,30H,14-21H2,1-3H3;10,16H,4-9,13H2,1-3H3/t24-;10-/m10/s1. The number of amides is 2. The summed E-state index contributed by atoms with van der Waals surface area (Å²) in [6.07, 6.45) is -1.47. The fourth-order valence-electron chi connectivity index (χ4n) is 5.77. The maximum absolute atomic E-state index is 12.3. The zero-order valence-corrected chi connectivity index (χ0v) is 31.2. The van der Waals surface area contributed by atoms with Crippen molar-refractivity contribution >= 4 is 12.2 Å². The third-order valence-corrected chi connectivity index (χ3v) is 8.22. The number of nitrogens with zero attached hydrogens (tertiary/aromatic N) is 5. The van der Waals surface area contributed by atoms with Gasteiger partial charge in [0.15, 0.2) is 0 Å². The molecular weight excluding hydrogens is 636 g/mol. The Morgan fingerprint density at radius 1 is 0.660 bits per heavy atom. The number of nitrogens with two attached hydrogens (primary N) is 1. The molecule has 12 heteroatoms. The summed E-state index contributed by atoms with van der Waals surface area (Å²) < 4.78 is 10.8. The number of carbonyl (C=O) groups excluding carboxylic acids is 2. The van der Waals surface area contributed by atoms with Gasteiger partial charge in [0, 0.05) is 91.6 Å². The lowest BCUT2D eigenvalue weighted by Gasteiger charge is -2.37. The minimum Gasteiger partial charge on any atom is -0.444 e. The Morgan fingerprint density at radius 2 is 1.02 bits per heavy atom. The third-order valence-electron chi connectivity index (χ3n) is 8.22. The lowest BCUT2D eigenvalue weighted by Crippen LogP contribution is -2.52. The fraction of sp³-hybridized carbons (Fsp3) is 0.632. The molecule has 4 N–H and O–H groups in total. The Kier molecular flexibility index (Phi) is 16.4. The molecule has 0 bridgehead atoms. The molecule has 2 aromatic rings. The minimum atomic E-state index is -0.488. The minimum absolute atomic E-state index is 0.255. The van der Waals surface area contributed by atoms with Crippen molar-refractivity contribution in [2.45, 2.75) is 78.0 Å². The first-order valence-electron chi connectivity index (χ1n) is 17.9. The molecule has 2 aromatic carbocycles. The second-order valence-corrected chi connectivity index (χ2v) is 15.2. The quantitative estimate of drug-likeness (QED) is 0.320. The van der Waals surface area contributed by atoms with E-state index in [2.05, 4.69) is 63.2 Å². The molecule has 12 nitrogen and oxygen atoms in total. The highest BCUT2D eigenvalue weighted by Crippen LogP contribution is 2.15. The van der Waals surface area contributed by atoms with Gasteiger partial charge in [0.05, 0.1) is 12.2 Å². The predicted molar refractivity (Wildman–Crippen MR) is 197 cm³/mol. The normalized spacial score (nSPS) is 17.5. The molecule has 0 saturated carbocycles. The average Bonchev–Trinajstić information content (AvgIpc) is 3.05. The summed E-state index contributed by atoms with van der Waals surface area (Å²) >= 11 is 0. The predicted octanol–water partition coefficient (Wildman–Crippen LogP) is 3.46. The molecule has 2 aliphatic heterocycles. The van der Waals surface area contributed by atoms with Crippen LogP contribution in [-0.4, -0.2) is 149 Å². The average molecular weight is 699 g/mol. The van der Waals surface area contributed by atoms with Crippen molar-refractivity contribution in [3.05, 3.63) is 71.8 Å². The first kappa shape index (κ1) is 41.2. The molecule has 2 fully saturated rings. The smallest absolute Gasteiger partial charge is 0.410 e. The Hall–Kier alpha value is -3.26. The van der Waals surface area contributed by atoms with Gasteiger partial charge in [-0.2, -0.15) is 0 Å². The van der Waals surface area contributed by atoms with E-state index in [9.17, 15) is 19.8 Å². The van der Waals surface area contributed by atoms with Crippen molar-refractivity contribution in [3.63, 3.8) is 0 Å². The number of ether oxygens (including phenoxy) is 2. The van der Waals surface area contributed by atoms with E-state index in [1.807, 2.05) is 53.7 Å². The monoisotopic (exact) mass is 698 g/mol. The summed E-state index contributed by atoms with van der Waals surface area (Å²) in [7, 11) is 0. The van der Waals surface area contributed by atoms with Crippen LogP contribution in [0.25, 0.3) is 0 Å². The van der Waals surface area contributed by atoms with Crippen LogP contribution in [0.2, 0.25) is 0 Å². The molecule has 280 valence electrons. The number of benzene rings is 2. The number of hydrogen-bond acceptors (Lipinski definition) is 10. The van der Waals surface area contributed by atoms with Crippen LogP contribution in [0.5, 0.6) is 0 Å². The van der Waals surface area contributed by atoms with Crippen molar-refractivity contribution in [1.29, 1.82) is 0 Å². The van der Waals surface area contributed by atoms with E-state index in [-0.39, 0.29) is 18.7 Å². The topological polar surface area (TPSA) is 135 Å². The molecule has 0 unspecified atom stereocenters. The van der Waals surface area contributed by atoms with Gasteiger partial charge in [-0.1, -0.05) is 60.7 Å². The van der Waals surface area contributed by atoms with Gasteiger partial charge in [-0.3, -0.25) is 14.7 Å². The SMILES string of the molecule is CC(C)(C)OC(=O)N1CCN(C[C@@H](O)CN(Cc2ccccc2)Cc2ccccc2)CC1.CC(C)(C)OC(=O)N1CCN(C[C@@H](O)CN)CC1. The first-order valence-corrected chi connectivity index (χ1v) is 17.9. The van der Waals surface area contributed by atoms with Crippen molar-refractivity contribution < 1.29 is 29.3 Å². The van der Waals surface area contributed by atoms with Gasteiger partial charge in [-0.15, -0.1) is 0 Å². The second-order valence-electron chi connectivity index (χ2n) is 15.2. The highest BCUT2D eigenvalue weighted by molar-refractivity contribution is 5.68. The summed E-state index contributed by atoms with van der Waals surface area (Å²) in [5, 5.41) is 20.3. The lowest BCUT2D eigenvalue weighted by molar-refractivity contribution is 0.00720. The zero-order valence-electron chi connectivity index (χ0n) is 31.2. The summed E-state index contributed by atoms with van der Waals surface area (Å²) in [6, 6.07) is 20.8. The molecule has 2 aliphatic rings. The Morgan fingerprint density at radius 3 is 1.36 bits per heavy atom. The van der Waals surface area contributed by atoms with E-state index in [1.54, 1.807) is 9.80 Å². The number of hydrogen-bond donors (Lipinski definition) is 3. The van der Waals surface area contributed by atoms with Gasteiger partial charge < -0.3 is 35.2 Å². The van der Waals surface area contributed by atoms with Gasteiger partial charge in [0.2, 0.25) is 0 Å². The highest BCUT2D eigenvalue weighted by Gasteiger charge is 2.28. The number of β-amino-alcohol motifs (C(OH)–C–C–N with tert-alkyl or cyclic N) is 2. The molecule has 50 heavy (non-hydrogen) atoms. The van der Waals surface area contributed by atoms with Crippen LogP contribution in [0.15, 0.2) is 60.7 Å². The van der Waals surface area contributed by atoms with Crippen molar-refractivity contribution in [3.8, 4) is 0 Å². The van der Waals surface area contributed by atoms with E-state index in [0.29, 0.717) is 45.8 Å². The second kappa shape index (κ2) is 20.0. The Balaban J connectivity index is 0.000000319. The third kappa shape index (κ3) is 16.2. The van der Waals surface area contributed by atoms with E-state index in [0.717, 1.165) is 39.3 Å². The van der Waals surface area contributed by atoms with E-state index < -0.39 is 23.4 Å². The summed E-state index contributed by atoms with van der Waals surface area (Å²) in [5.41, 5.74) is 6.91. The van der Waals surface area contributed by atoms with Crippen LogP contribution >= 0.6 is 0 Å². The molecule has 0 aromatic heterocycles. The van der Waals surface area contributed by atoms with Gasteiger partial charge in [0.25, 0.3) is 0 Å². The van der Waals surface area contributed by atoms with Gasteiger partial charge in [-0.25, -0.2) is 9.59 Å². The largest absolute Gasteiger partial charge is 0.444 e. The summed E-state index contributed by atoms with van der Waals surface area (Å²) in [5.74, 6) is 0. The first-order chi connectivity index (χ1) is 23.6. The molecule has 0 spiro atoms. The maximum Gasteiger partial charge on any atom is 0.410 e. The van der Waals surface area contributed by atoms with Crippen molar-refractivity contribution in [1.82, 2.24) is 24.5 Å². The number of rotatable bonds is 11. The number of piperazine rings is 2. The maximum atomic E-state index is 12.3. The molecule has 2 saturated heterocycles. The number of aliphatic hydroxyl groups excluding tert-OH is 2. The van der Waals surface area contributed by atoms with Gasteiger partial charge in [0.1, 0.15) is 11.2 Å². The van der Waals surface area contributed by atoms with E-state index >= 15 is 0 Å². The zero-order chi connectivity index (χ0) is 36.7. The molecule has 2 amide bonds. The molecule has 0 aliphatic carbocycles. The van der Waals surface area contributed by atoms with Gasteiger partial charge in [-0.05, 0) is 52.7 Å².